The number of rotatable bonds is 2. The van der Waals surface area contributed by atoms with Gasteiger partial charge in [0.2, 0.25) is 0 Å². The van der Waals surface area contributed by atoms with Gasteiger partial charge >= 0.3 is 0 Å². The van der Waals surface area contributed by atoms with Crippen LogP contribution in [0.5, 0.6) is 11.5 Å². The summed E-state index contributed by atoms with van der Waals surface area (Å²) in [4.78, 5) is 0. The second kappa shape index (κ2) is 12.9. The quantitative estimate of drug-likeness (QED) is 0.844. The van der Waals surface area contributed by atoms with Gasteiger partial charge in [-0.2, -0.15) is 0 Å². The van der Waals surface area contributed by atoms with E-state index in [0.29, 0.717) is 77.6 Å². The van der Waals surface area contributed by atoms with Gasteiger partial charge < -0.3 is 34.2 Å². The van der Waals surface area contributed by atoms with Crippen molar-refractivity contribution >= 4 is 0 Å². The van der Waals surface area contributed by atoms with Gasteiger partial charge in [-0.15, -0.1) is 0 Å². The fourth-order valence-electron chi connectivity index (χ4n) is 2.47. The summed E-state index contributed by atoms with van der Waals surface area (Å²) < 4.78 is 33.5. The van der Waals surface area contributed by atoms with E-state index in [1.54, 1.807) is 0 Å². The highest BCUT2D eigenvalue weighted by Crippen LogP contribution is 2.29. The lowest BCUT2D eigenvalue weighted by molar-refractivity contribution is -0.00842. The van der Waals surface area contributed by atoms with E-state index in [9.17, 15) is 0 Å². The molecular weight excluding hydrogens is 338 g/mol. The minimum atomic E-state index is 0.0899. The van der Waals surface area contributed by atoms with Crippen LogP contribution < -0.4 is 15.2 Å². The lowest BCUT2D eigenvalue weighted by Crippen LogP contribution is -2.18. The van der Waals surface area contributed by atoms with E-state index < -0.39 is 0 Å². The second-order valence-electron chi connectivity index (χ2n) is 6.11. The molecule has 7 nitrogen and oxygen atoms in total. The van der Waals surface area contributed by atoms with Gasteiger partial charge in [0.25, 0.3) is 0 Å². The van der Waals surface area contributed by atoms with Gasteiger partial charge in [0.15, 0.2) is 11.5 Å². The minimum absolute atomic E-state index is 0.0899. The molecule has 1 aliphatic rings. The van der Waals surface area contributed by atoms with Crippen LogP contribution >= 0.6 is 0 Å². The number of hydrogen-bond donors (Lipinski definition) is 1. The first-order valence-corrected chi connectivity index (χ1v) is 9.21. The second-order valence-corrected chi connectivity index (χ2v) is 6.11. The maximum absolute atomic E-state index is 5.89. The van der Waals surface area contributed by atoms with Crippen LogP contribution in [0.15, 0.2) is 18.2 Å². The third-order valence-electron chi connectivity index (χ3n) is 3.65. The summed E-state index contributed by atoms with van der Waals surface area (Å²) >= 11 is 0. The van der Waals surface area contributed by atoms with Crippen molar-refractivity contribution in [1.82, 2.24) is 0 Å². The molecule has 0 saturated heterocycles. The fourth-order valence-corrected chi connectivity index (χ4v) is 2.47. The highest BCUT2D eigenvalue weighted by molar-refractivity contribution is 5.43. The highest BCUT2D eigenvalue weighted by atomic mass is 16.6. The van der Waals surface area contributed by atoms with Crippen LogP contribution in [0.3, 0.4) is 0 Å². The van der Waals surface area contributed by atoms with Gasteiger partial charge in [0, 0.05) is 6.04 Å². The molecule has 7 heteroatoms. The van der Waals surface area contributed by atoms with Crippen molar-refractivity contribution in [2.24, 2.45) is 5.73 Å². The highest BCUT2D eigenvalue weighted by Gasteiger charge is 2.09. The summed E-state index contributed by atoms with van der Waals surface area (Å²) in [5.41, 5.74) is 7.01. The fraction of sp³-hybridized carbons (Fsp3) is 0.684. The lowest BCUT2D eigenvalue weighted by Gasteiger charge is -2.15. The zero-order valence-electron chi connectivity index (χ0n) is 15.6. The third kappa shape index (κ3) is 8.82. The van der Waals surface area contributed by atoms with E-state index in [-0.39, 0.29) is 6.04 Å². The minimum Gasteiger partial charge on any atom is -0.487 e. The largest absolute Gasteiger partial charge is 0.487 e. The van der Waals surface area contributed by atoms with E-state index in [1.807, 2.05) is 25.1 Å². The average molecular weight is 369 g/mol. The van der Waals surface area contributed by atoms with Gasteiger partial charge in [-0.3, -0.25) is 0 Å². The number of ether oxygens (including phenoxy) is 6. The van der Waals surface area contributed by atoms with Crippen molar-refractivity contribution in [3.8, 4) is 11.5 Å². The van der Waals surface area contributed by atoms with Crippen LogP contribution in [-0.2, 0) is 25.4 Å². The van der Waals surface area contributed by atoms with Crippen LogP contribution in [-0.4, -0.2) is 72.1 Å². The van der Waals surface area contributed by atoms with Gasteiger partial charge in [-0.05, 0) is 31.0 Å². The Morgan fingerprint density at radius 3 is 1.69 bits per heavy atom. The third-order valence-corrected chi connectivity index (χ3v) is 3.65. The van der Waals surface area contributed by atoms with Gasteiger partial charge in [-0.25, -0.2) is 0 Å². The normalized spacial score (nSPS) is 19.9. The molecule has 1 heterocycles. The standard InChI is InChI=1S/C19H31NO6/c1-16(20)14-17-2-3-18-19(15-17)26-13-11-24-9-7-22-5-4-21-6-8-23-10-12-25-18/h2-3,15-16H,4-14,20H2,1H3. The van der Waals surface area contributed by atoms with Crippen LogP contribution in [0, 0.1) is 0 Å². The summed E-state index contributed by atoms with van der Waals surface area (Å²) in [7, 11) is 0. The predicted octanol–water partition coefficient (Wildman–Crippen LogP) is 1.41. The van der Waals surface area contributed by atoms with Crippen molar-refractivity contribution in [3.63, 3.8) is 0 Å². The number of fused-ring (bicyclic) bond motifs is 1. The summed E-state index contributed by atoms with van der Waals surface area (Å²) in [5.74, 6) is 1.40. The number of hydrogen-bond acceptors (Lipinski definition) is 7. The molecule has 1 atom stereocenters. The molecular formula is C19H31NO6. The van der Waals surface area contributed by atoms with Crippen molar-refractivity contribution in [3.05, 3.63) is 23.8 Å². The van der Waals surface area contributed by atoms with Crippen molar-refractivity contribution in [2.75, 3.05) is 66.1 Å². The predicted molar refractivity (Wildman–Crippen MR) is 98.1 cm³/mol. The zero-order valence-corrected chi connectivity index (χ0v) is 15.6. The van der Waals surface area contributed by atoms with E-state index >= 15 is 0 Å². The molecule has 148 valence electrons. The molecule has 0 saturated carbocycles. The Kier molecular flexibility index (Phi) is 10.4. The van der Waals surface area contributed by atoms with Crippen LogP contribution in [0.1, 0.15) is 12.5 Å². The van der Waals surface area contributed by atoms with E-state index in [1.165, 1.54) is 0 Å². The van der Waals surface area contributed by atoms with Gasteiger partial charge in [0.05, 0.1) is 52.9 Å². The molecule has 1 unspecified atom stereocenters. The smallest absolute Gasteiger partial charge is 0.161 e. The van der Waals surface area contributed by atoms with Crippen LogP contribution in [0.2, 0.25) is 0 Å². The Labute approximate surface area is 155 Å². The molecule has 0 aromatic heterocycles. The first-order chi connectivity index (χ1) is 12.8. The van der Waals surface area contributed by atoms with Gasteiger partial charge in [-0.1, -0.05) is 6.07 Å². The molecule has 0 aliphatic carbocycles. The molecule has 0 amide bonds. The average Bonchev–Trinajstić information content (AvgIpc) is 2.61. The molecule has 1 aliphatic heterocycles. The Hall–Kier alpha value is -1.38. The Bertz CT molecular complexity index is 497. The first kappa shape index (κ1) is 20.9. The maximum Gasteiger partial charge on any atom is 0.161 e. The molecule has 0 radical (unpaired) electrons. The van der Waals surface area contributed by atoms with Crippen molar-refractivity contribution in [2.45, 2.75) is 19.4 Å². The molecule has 2 rings (SSSR count). The summed E-state index contributed by atoms with van der Waals surface area (Å²) in [5, 5.41) is 0. The molecule has 0 spiro atoms. The molecule has 1 aromatic carbocycles. The number of nitrogens with two attached hydrogens (primary N) is 1. The van der Waals surface area contributed by atoms with E-state index in [0.717, 1.165) is 12.0 Å². The Morgan fingerprint density at radius 2 is 1.19 bits per heavy atom. The SMILES string of the molecule is CC(N)Cc1ccc2c(c1)OCCOCCOCCOCCOCCO2. The Morgan fingerprint density at radius 1 is 0.731 bits per heavy atom. The van der Waals surface area contributed by atoms with Crippen molar-refractivity contribution < 1.29 is 28.4 Å². The van der Waals surface area contributed by atoms with E-state index in [4.69, 9.17) is 34.2 Å². The molecule has 0 bridgehead atoms. The first-order valence-electron chi connectivity index (χ1n) is 9.21. The van der Waals surface area contributed by atoms with Crippen LogP contribution in [0.4, 0.5) is 0 Å². The monoisotopic (exact) mass is 369 g/mol. The van der Waals surface area contributed by atoms with Crippen LogP contribution in [0.25, 0.3) is 0 Å². The summed E-state index contributed by atoms with van der Waals surface area (Å²) in [6.45, 7) is 7.10. The zero-order chi connectivity index (χ0) is 18.5. The van der Waals surface area contributed by atoms with Crippen molar-refractivity contribution in [1.29, 1.82) is 0 Å². The molecule has 26 heavy (non-hydrogen) atoms. The molecule has 0 fully saturated rings. The van der Waals surface area contributed by atoms with Gasteiger partial charge in [0.1, 0.15) is 13.2 Å². The molecule has 1 aromatic rings. The number of benzene rings is 1. The summed E-state index contributed by atoms with van der Waals surface area (Å²) in [6, 6.07) is 6.00. The molecule has 2 N–H and O–H groups in total. The van der Waals surface area contributed by atoms with E-state index in [2.05, 4.69) is 0 Å². The summed E-state index contributed by atoms with van der Waals surface area (Å²) in [6.07, 6.45) is 0.785. The maximum atomic E-state index is 5.89. The lowest BCUT2D eigenvalue weighted by atomic mass is 10.1. The topological polar surface area (TPSA) is 81.4 Å². The Balaban J connectivity index is 1.92.